The molecule has 1 heterocycles. The number of carbonyl (C=O) groups is 2. The minimum Gasteiger partial charge on any atom is -0.349 e. The molecule has 0 saturated heterocycles. The largest absolute Gasteiger partial charge is 0.349 e. The van der Waals surface area contributed by atoms with Crippen LogP contribution < -0.4 is 16.4 Å². The third-order valence-corrected chi connectivity index (χ3v) is 5.65. The highest BCUT2D eigenvalue weighted by Crippen LogP contribution is 2.29. The molecule has 2 aromatic carbocycles. The minimum absolute atomic E-state index is 0.0453. The molecule has 0 bridgehead atoms. The standard InChI is InChI=1S/C25H26N4O2/c26-22(16-24(30)29-23-7-3-5-17-4-1-2-6-21(17)23)18-8-10-19(11-9-18)25(31)28-20-12-14-27-15-13-20/h1-2,4,6,8-15,22-23H,3,5,7,16,26H2,(H,29,30)(H,27,28,31)/t22-,23?/m0/s1. The lowest BCUT2D eigenvalue weighted by Crippen LogP contribution is -2.33. The molecule has 0 fully saturated rings. The second-order valence-electron chi connectivity index (χ2n) is 7.83. The van der Waals surface area contributed by atoms with Crippen LogP contribution >= 0.6 is 0 Å². The summed E-state index contributed by atoms with van der Waals surface area (Å²) in [6, 6.07) is 18.4. The molecule has 158 valence electrons. The van der Waals surface area contributed by atoms with Crippen molar-refractivity contribution < 1.29 is 9.59 Å². The molecule has 0 aliphatic heterocycles. The summed E-state index contributed by atoms with van der Waals surface area (Å²) in [5, 5.41) is 5.96. The van der Waals surface area contributed by atoms with Gasteiger partial charge in [0.05, 0.1) is 6.04 Å². The average Bonchev–Trinajstić information content (AvgIpc) is 2.80. The Bertz CT molecular complexity index is 1050. The van der Waals surface area contributed by atoms with E-state index in [1.807, 2.05) is 12.1 Å². The number of rotatable bonds is 6. The summed E-state index contributed by atoms with van der Waals surface area (Å²) in [4.78, 5) is 28.9. The maximum absolute atomic E-state index is 12.6. The van der Waals surface area contributed by atoms with E-state index in [1.165, 1.54) is 11.1 Å². The molecule has 0 spiro atoms. The van der Waals surface area contributed by atoms with Gasteiger partial charge in [0.25, 0.3) is 5.91 Å². The predicted molar refractivity (Wildman–Crippen MR) is 120 cm³/mol. The Labute approximate surface area is 181 Å². The number of aryl methyl sites for hydroxylation is 1. The van der Waals surface area contributed by atoms with Crippen molar-refractivity contribution in [1.29, 1.82) is 0 Å². The fourth-order valence-corrected chi connectivity index (χ4v) is 3.99. The topological polar surface area (TPSA) is 97.1 Å². The van der Waals surface area contributed by atoms with E-state index < -0.39 is 6.04 Å². The van der Waals surface area contributed by atoms with Crippen molar-refractivity contribution in [2.75, 3.05) is 5.32 Å². The highest BCUT2D eigenvalue weighted by molar-refractivity contribution is 6.04. The van der Waals surface area contributed by atoms with Crippen LogP contribution in [0, 0.1) is 0 Å². The Morgan fingerprint density at radius 2 is 1.77 bits per heavy atom. The maximum atomic E-state index is 12.6. The molecule has 2 atom stereocenters. The highest BCUT2D eigenvalue weighted by Gasteiger charge is 2.22. The molecule has 0 saturated carbocycles. The Morgan fingerprint density at radius 1 is 1.03 bits per heavy atom. The van der Waals surface area contributed by atoms with E-state index in [9.17, 15) is 9.59 Å². The summed E-state index contributed by atoms with van der Waals surface area (Å²) >= 11 is 0. The number of benzene rings is 2. The van der Waals surface area contributed by atoms with Gasteiger partial charge in [-0.05, 0) is 60.2 Å². The van der Waals surface area contributed by atoms with Crippen LogP contribution in [0.1, 0.15) is 58.4 Å². The van der Waals surface area contributed by atoms with Crippen molar-refractivity contribution in [3.05, 3.63) is 95.3 Å². The number of anilines is 1. The van der Waals surface area contributed by atoms with Gasteiger partial charge in [-0.15, -0.1) is 0 Å². The Balaban J connectivity index is 1.34. The molecule has 1 unspecified atom stereocenters. The van der Waals surface area contributed by atoms with Gasteiger partial charge in [-0.3, -0.25) is 14.6 Å². The van der Waals surface area contributed by atoms with Crippen molar-refractivity contribution in [2.45, 2.75) is 37.8 Å². The van der Waals surface area contributed by atoms with Gasteiger partial charge in [0.15, 0.2) is 0 Å². The molecule has 2 amide bonds. The lowest BCUT2D eigenvalue weighted by molar-refractivity contribution is -0.122. The van der Waals surface area contributed by atoms with E-state index in [0.717, 1.165) is 24.8 Å². The van der Waals surface area contributed by atoms with E-state index >= 15 is 0 Å². The van der Waals surface area contributed by atoms with Gasteiger partial charge in [0, 0.05) is 36.1 Å². The van der Waals surface area contributed by atoms with Gasteiger partial charge in [0.1, 0.15) is 0 Å². The van der Waals surface area contributed by atoms with Gasteiger partial charge in [-0.1, -0.05) is 36.4 Å². The van der Waals surface area contributed by atoms with Crippen molar-refractivity contribution in [2.24, 2.45) is 5.73 Å². The summed E-state index contributed by atoms with van der Waals surface area (Å²) < 4.78 is 0. The molecule has 1 aliphatic carbocycles. The summed E-state index contributed by atoms with van der Waals surface area (Å²) in [5.41, 5.74) is 10.8. The molecule has 4 rings (SSSR count). The molecule has 0 radical (unpaired) electrons. The number of aromatic nitrogens is 1. The summed E-state index contributed by atoms with van der Waals surface area (Å²) in [6.07, 6.45) is 6.50. The number of fused-ring (bicyclic) bond motifs is 1. The SMILES string of the molecule is N[C@@H](CC(=O)NC1CCCc2ccccc21)c1ccc(C(=O)Nc2ccncc2)cc1. The molecular formula is C25H26N4O2. The van der Waals surface area contributed by atoms with E-state index in [0.29, 0.717) is 11.3 Å². The molecule has 1 aliphatic rings. The molecule has 4 N–H and O–H groups in total. The van der Waals surface area contributed by atoms with Crippen molar-refractivity contribution in [3.8, 4) is 0 Å². The molecule has 1 aromatic heterocycles. The monoisotopic (exact) mass is 414 g/mol. The number of nitrogens with zero attached hydrogens (tertiary/aromatic N) is 1. The van der Waals surface area contributed by atoms with Crippen LogP contribution in [-0.4, -0.2) is 16.8 Å². The number of amides is 2. The zero-order valence-electron chi connectivity index (χ0n) is 17.3. The molecular weight excluding hydrogens is 388 g/mol. The van der Waals surface area contributed by atoms with Crippen molar-refractivity contribution in [1.82, 2.24) is 10.3 Å². The predicted octanol–water partition coefficient (Wildman–Crippen LogP) is 3.92. The maximum Gasteiger partial charge on any atom is 0.255 e. The normalized spacial score (nSPS) is 16.1. The minimum atomic E-state index is -0.434. The van der Waals surface area contributed by atoms with E-state index in [2.05, 4.69) is 27.8 Å². The lowest BCUT2D eigenvalue weighted by atomic mass is 9.87. The quantitative estimate of drug-likeness (QED) is 0.569. The van der Waals surface area contributed by atoms with Crippen LogP contribution in [0.15, 0.2) is 73.1 Å². The molecule has 6 nitrogen and oxygen atoms in total. The first kappa shape index (κ1) is 20.8. The fraction of sp³-hybridized carbons (Fsp3) is 0.240. The third-order valence-electron chi connectivity index (χ3n) is 5.65. The van der Waals surface area contributed by atoms with Gasteiger partial charge in [0.2, 0.25) is 5.91 Å². The number of hydrogen-bond donors (Lipinski definition) is 3. The zero-order chi connectivity index (χ0) is 21.6. The van der Waals surface area contributed by atoms with Crippen LogP contribution in [0.3, 0.4) is 0 Å². The van der Waals surface area contributed by atoms with Crippen LogP contribution in [0.25, 0.3) is 0 Å². The van der Waals surface area contributed by atoms with E-state index in [-0.39, 0.29) is 24.3 Å². The van der Waals surface area contributed by atoms with E-state index in [4.69, 9.17) is 5.73 Å². The Kier molecular flexibility index (Phi) is 6.38. The molecule has 6 heteroatoms. The summed E-state index contributed by atoms with van der Waals surface area (Å²) in [6.45, 7) is 0. The summed E-state index contributed by atoms with van der Waals surface area (Å²) in [5.74, 6) is -0.270. The van der Waals surface area contributed by atoms with Crippen LogP contribution in [0.5, 0.6) is 0 Å². The number of nitrogens with two attached hydrogens (primary N) is 1. The number of hydrogen-bond acceptors (Lipinski definition) is 4. The van der Waals surface area contributed by atoms with Crippen molar-refractivity contribution in [3.63, 3.8) is 0 Å². The Hall–Kier alpha value is -3.51. The number of nitrogens with one attached hydrogen (secondary N) is 2. The summed E-state index contributed by atoms with van der Waals surface area (Å²) in [7, 11) is 0. The first-order valence-corrected chi connectivity index (χ1v) is 10.5. The van der Waals surface area contributed by atoms with Gasteiger partial charge in [-0.2, -0.15) is 0 Å². The third kappa shape index (κ3) is 5.16. The van der Waals surface area contributed by atoms with Gasteiger partial charge in [-0.25, -0.2) is 0 Å². The fourth-order valence-electron chi connectivity index (χ4n) is 3.99. The smallest absolute Gasteiger partial charge is 0.255 e. The van der Waals surface area contributed by atoms with Crippen LogP contribution in [0.2, 0.25) is 0 Å². The number of carbonyl (C=O) groups excluding carboxylic acids is 2. The van der Waals surface area contributed by atoms with E-state index in [1.54, 1.807) is 48.8 Å². The first-order chi connectivity index (χ1) is 15.1. The van der Waals surface area contributed by atoms with Crippen molar-refractivity contribution >= 4 is 17.5 Å². The number of pyridine rings is 1. The van der Waals surface area contributed by atoms with Crippen LogP contribution in [-0.2, 0) is 11.2 Å². The lowest BCUT2D eigenvalue weighted by Gasteiger charge is -2.27. The van der Waals surface area contributed by atoms with Gasteiger partial charge < -0.3 is 16.4 Å². The zero-order valence-corrected chi connectivity index (χ0v) is 17.3. The second-order valence-corrected chi connectivity index (χ2v) is 7.83. The highest BCUT2D eigenvalue weighted by atomic mass is 16.2. The second kappa shape index (κ2) is 9.53. The van der Waals surface area contributed by atoms with Crippen LogP contribution in [0.4, 0.5) is 5.69 Å². The Morgan fingerprint density at radius 3 is 2.55 bits per heavy atom. The molecule has 3 aromatic rings. The van der Waals surface area contributed by atoms with Gasteiger partial charge >= 0.3 is 0 Å². The first-order valence-electron chi connectivity index (χ1n) is 10.5. The molecule has 31 heavy (non-hydrogen) atoms. The average molecular weight is 415 g/mol.